The van der Waals surface area contributed by atoms with Crippen molar-refractivity contribution >= 4 is 0 Å². The Morgan fingerprint density at radius 1 is 0.655 bits per heavy atom. The third kappa shape index (κ3) is 11.8. The van der Waals surface area contributed by atoms with Crippen LogP contribution in [0.3, 0.4) is 0 Å². The van der Waals surface area contributed by atoms with Gasteiger partial charge in [-0.25, -0.2) is 0 Å². The van der Waals surface area contributed by atoms with Crippen LogP contribution in [-0.2, 0) is 6.42 Å². The molecule has 0 saturated carbocycles. The highest BCUT2D eigenvalue weighted by atomic mass is 14.7. The van der Waals surface area contributed by atoms with Crippen molar-refractivity contribution in [3.8, 4) is 0 Å². The second-order valence-electron chi connectivity index (χ2n) is 9.30. The molecule has 0 aliphatic heterocycles. The highest BCUT2D eigenvalue weighted by Gasteiger charge is 2.19. The van der Waals surface area contributed by atoms with E-state index in [1.165, 1.54) is 115 Å². The Labute approximate surface area is 183 Å². The summed E-state index contributed by atoms with van der Waals surface area (Å²) in [5, 5.41) is 0. The standard InChI is InChI=1S/C28H51N/c1-5-9-13-18-25(19-14-10-6-2)24-27-22-17-23-29-28(27)26(20-15-11-7-3)21-16-12-8-4/h17,22-23,25-26H,5-16,18-21,24H2,1-4H3. The summed E-state index contributed by atoms with van der Waals surface area (Å²) in [7, 11) is 0. The molecule has 0 spiro atoms. The molecule has 0 aromatic carbocycles. The maximum absolute atomic E-state index is 4.98. The van der Waals surface area contributed by atoms with Crippen molar-refractivity contribution in [2.45, 2.75) is 143 Å². The van der Waals surface area contributed by atoms with Crippen LogP contribution in [0.5, 0.6) is 0 Å². The van der Waals surface area contributed by atoms with Gasteiger partial charge in [-0.15, -0.1) is 0 Å². The van der Waals surface area contributed by atoms with Crippen LogP contribution in [0.25, 0.3) is 0 Å². The number of hydrogen-bond donors (Lipinski definition) is 0. The zero-order valence-electron chi connectivity index (χ0n) is 20.4. The van der Waals surface area contributed by atoms with Crippen LogP contribution < -0.4 is 0 Å². The van der Waals surface area contributed by atoms with Crippen LogP contribution in [0.2, 0.25) is 0 Å². The minimum absolute atomic E-state index is 0.677. The van der Waals surface area contributed by atoms with E-state index in [4.69, 9.17) is 4.98 Å². The average Bonchev–Trinajstić information content (AvgIpc) is 2.73. The molecule has 1 nitrogen and oxygen atoms in total. The molecule has 0 fully saturated rings. The first kappa shape index (κ1) is 26.2. The fourth-order valence-electron chi connectivity index (χ4n) is 4.72. The van der Waals surface area contributed by atoms with Crippen molar-refractivity contribution in [1.29, 1.82) is 0 Å². The third-order valence-corrected chi connectivity index (χ3v) is 6.57. The van der Waals surface area contributed by atoms with Crippen LogP contribution in [-0.4, -0.2) is 4.98 Å². The molecule has 0 atom stereocenters. The Hall–Kier alpha value is -0.850. The summed E-state index contributed by atoms with van der Waals surface area (Å²) >= 11 is 0. The van der Waals surface area contributed by atoms with Crippen molar-refractivity contribution in [3.63, 3.8) is 0 Å². The van der Waals surface area contributed by atoms with E-state index >= 15 is 0 Å². The van der Waals surface area contributed by atoms with Crippen molar-refractivity contribution in [2.75, 3.05) is 0 Å². The minimum Gasteiger partial charge on any atom is -0.261 e. The molecule has 29 heavy (non-hydrogen) atoms. The van der Waals surface area contributed by atoms with E-state index in [2.05, 4.69) is 46.0 Å². The van der Waals surface area contributed by atoms with E-state index in [9.17, 15) is 0 Å². The lowest BCUT2D eigenvalue weighted by molar-refractivity contribution is 0.403. The molecule has 1 heteroatoms. The zero-order valence-corrected chi connectivity index (χ0v) is 20.4. The zero-order chi connectivity index (χ0) is 21.2. The van der Waals surface area contributed by atoms with Gasteiger partial charge in [-0.05, 0) is 36.8 Å². The first-order chi connectivity index (χ1) is 14.3. The minimum atomic E-state index is 0.677. The number of unbranched alkanes of at least 4 members (excludes halogenated alkanes) is 8. The monoisotopic (exact) mass is 401 g/mol. The molecule has 0 N–H and O–H groups in total. The Bertz CT molecular complexity index is 461. The molecule has 0 saturated heterocycles. The third-order valence-electron chi connectivity index (χ3n) is 6.57. The maximum Gasteiger partial charge on any atom is 0.0466 e. The molecule has 0 amide bonds. The van der Waals surface area contributed by atoms with Gasteiger partial charge >= 0.3 is 0 Å². The normalized spacial score (nSPS) is 11.7. The van der Waals surface area contributed by atoms with E-state index in [0.29, 0.717) is 5.92 Å². The summed E-state index contributed by atoms with van der Waals surface area (Å²) < 4.78 is 0. The van der Waals surface area contributed by atoms with Gasteiger partial charge in [0.2, 0.25) is 0 Å². The summed E-state index contributed by atoms with van der Waals surface area (Å²) in [6.07, 6.45) is 25.1. The predicted octanol–water partition coefficient (Wildman–Crippen LogP) is 9.65. The van der Waals surface area contributed by atoms with Crippen LogP contribution in [0.1, 0.15) is 148 Å². The van der Waals surface area contributed by atoms with Gasteiger partial charge < -0.3 is 0 Å². The molecule has 0 unspecified atom stereocenters. The number of rotatable bonds is 19. The Kier molecular flexibility index (Phi) is 16.2. The molecule has 1 aromatic rings. The van der Waals surface area contributed by atoms with Gasteiger partial charge in [0.15, 0.2) is 0 Å². The summed E-state index contributed by atoms with van der Waals surface area (Å²) in [4.78, 5) is 4.98. The fraction of sp³-hybridized carbons (Fsp3) is 0.821. The maximum atomic E-state index is 4.98. The highest BCUT2D eigenvalue weighted by molar-refractivity contribution is 5.24. The van der Waals surface area contributed by atoms with Gasteiger partial charge in [0, 0.05) is 17.8 Å². The van der Waals surface area contributed by atoms with Crippen LogP contribution >= 0.6 is 0 Å². The van der Waals surface area contributed by atoms with Crippen LogP contribution in [0, 0.1) is 5.92 Å². The quantitative estimate of drug-likeness (QED) is 0.210. The Balaban J connectivity index is 2.87. The van der Waals surface area contributed by atoms with Crippen molar-refractivity contribution < 1.29 is 0 Å². The van der Waals surface area contributed by atoms with E-state index in [1.54, 1.807) is 5.56 Å². The van der Waals surface area contributed by atoms with E-state index in [1.807, 2.05) is 0 Å². The van der Waals surface area contributed by atoms with Crippen LogP contribution in [0.15, 0.2) is 18.3 Å². The lowest BCUT2D eigenvalue weighted by Gasteiger charge is -2.23. The van der Waals surface area contributed by atoms with E-state index < -0.39 is 0 Å². The molecule has 0 aliphatic carbocycles. The molecule has 1 heterocycles. The summed E-state index contributed by atoms with van der Waals surface area (Å²) in [6, 6.07) is 4.59. The molecule has 168 valence electrons. The molecule has 0 bridgehead atoms. The van der Waals surface area contributed by atoms with Crippen molar-refractivity contribution in [2.24, 2.45) is 5.92 Å². The first-order valence-electron chi connectivity index (χ1n) is 13.2. The Morgan fingerprint density at radius 3 is 1.62 bits per heavy atom. The molecular formula is C28H51N. The number of aromatic nitrogens is 1. The molecular weight excluding hydrogens is 350 g/mol. The number of nitrogens with zero attached hydrogens (tertiary/aromatic N) is 1. The van der Waals surface area contributed by atoms with Crippen LogP contribution in [0.4, 0.5) is 0 Å². The number of pyridine rings is 1. The SMILES string of the molecule is CCCCCC(CCCCC)Cc1cccnc1C(CCCCC)CCCCC. The lowest BCUT2D eigenvalue weighted by Crippen LogP contribution is -2.11. The molecule has 1 aromatic heterocycles. The first-order valence-corrected chi connectivity index (χ1v) is 13.2. The van der Waals surface area contributed by atoms with Gasteiger partial charge in [0.25, 0.3) is 0 Å². The summed E-state index contributed by atoms with van der Waals surface area (Å²) in [5.74, 6) is 1.53. The topological polar surface area (TPSA) is 12.9 Å². The highest BCUT2D eigenvalue weighted by Crippen LogP contribution is 2.32. The fourth-order valence-corrected chi connectivity index (χ4v) is 4.72. The van der Waals surface area contributed by atoms with Gasteiger partial charge in [0.05, 0.1) is 0 Å². The van der Waals surface area contributed by atoms with Gasteiger partial charge in [-0.2, -0.15) is 0 Å². The largest absolute Gasteiger partial charge is 0.261 e. The summed E-state index contributed by atoms with van der Waals surface area (Å²) in [6.45, 7) is 9.27. The smallest absolute Gasteiger partial charge is 0.0466 e. The Morgan fingerprint density at radius 2 is 1.14 bits per heavy atom. The second-order valence-corrected chi connectivity index (χ2v) is 9.30. The van der Waals surface area contributed by atoms with Gasteiger partial charge in [0.1, 0.15) is 0 Å². The average molecular weight is 402 g/mol. The molecule has 0 radical (unpaired) electrons. The number of hydrogen-bond acceptors (Lipinski definition) is 1. The van der Waals surface area contributed by atoms with E-state index in [-0.39, 0.29) is 0 Å². The van der Waals surface area contributed by atoms with Crippen molar-refractivity contribution in [1.82, 2.24) is 4.98 Å². The second kappa shape index (κ2) is 18.0. The van der Waals surface area contributed by atoms with Gasteiger partial charge in [-0.3, -0.25) is 4.98 Å². The van der Waals surface area contributed by atoms with E-state index in [0.717, 1.165) is 5.92 Å². The summed E-state index contributed by atoms with van der Waals surface area (Å²) in [5.41, 5.74) is 3.03. The molecule has 0 aliphatic rings. The van der Waals surface area contributed by atoms with Crippen molar-refractivity contribution in [3.05, 3.63) is 29.6 Å². The molecule has 1 rings (SSSR count). The predicted molar refractivity (Wildman–Crippen MR) is 131 cm³/mol. The lowest BCUT2D eigenvalue weighted by atomic mass is 9.84. The van der Waals surface area contributed by atoms with Gasteiger partial charge in [-0.1, -0.05) is 124 Å².